The second kappa shape index (κ2) is 6.96. The first-order chi connectivity index (χ1) is 9.86. The molecule has 2 heterocycles. The summed E-state index contributed by atoms with van der Waals surface area (Å²) in [6.07, 6.45) is 0.0822. The maximum absolute atomic E-state index is 12.9. The highest BCUT2D eigenvalue weighted by Gasteiger charge is 2.34. The number of likely N-dealkylation sites (tertiary alicyclic amines) is 1. The Bertz CT molecular complexity index is 471. The summed E-state index contributed by atoms with van der Waals surface area (Å²) in [5.74, 6) is 0.497. The molecule has 118 valence electrons. The number of anilines is 1. The lowest BCUT2D eigenvalue weighted by atomic mass is 9.94. The summed E-state index contributed by atoms with van der Waals surface area (Å²) >= 11 is 3.03. The molecule has 0 amide bonds. The van der Waals surface area contributed by atoms with Gasteiger partial charge in [0.1, 0.15) is 5.82 Å². The van der Waals surface area contributed by atoms with Gasteiger partial charge < -0.3 is 10.2 Å². The number of nitrogens with zero attached hydrogens (tertiary/aromatic N) is 2. The largest absolute Gasteiger partial charge is 0.419 e. The van der Waals surface area contributed by atoms with E-state index in [1.165, 1.54) is 6.20 Å². The van der Waals surface area contributed by atoms with Crippen LogP contribution in [0.4, 0.5) is 19.0 Å². The molecule has 0 saturated carbocycles. The molecular weight excluding hydrogens is 347 g/mol. The number of piperidine rings is 1. The monoisotopic (exact) mass is 365 g/mol. The van der Waals surface area contributed by atoms with Gasteiger partial charge in [0.25, 0.3) is 0 Å². The van der Waals surface area contributed by atoms with Crippen LogP contribution in [-0.2, 0) is 6.18 Å². The SMILES string of the molecule is CN1CCC(CCNc2ncc(Br)cc2C(F)(F)F)CC1. The number of alkyl halides is 3. The Morgan fingerprint density at radius 3 is 2.67 bits per heavy atom. The zero-order chi connectivity index (χ0) is 15.5. The maximum atomic E-state index is 12.9. The molecule has 0 radical (unpaired) electrons. The van der Waals surface area contributed by atoms with Gasteiger partial charge in [-0.05, 0) is 67.3 Å². The summed E-state index contributed by atoms with van der Waals surface area (Å²) in [6.45, 7) is 2.65. The predicted molar refractivity (Wildman–Crippen MR) is 80.3 cm³/mol. The number of nitrogens with one attached hydrogen (secondary N) is 1. The number of hydrogen-bond donors (Lipinski definition) is 1. The molecule has 0 unspecified atom stereocenters. The van der Waals surface area contributed by atoms with Gasteiger partial charge in [0, 0.05) is 17.2 Å². The molecule has 0 bridgehead atoms. The molecule has 1 saturated heterocycles. The molecular formula is C14H19BrF3N3. The third-order valence-corrected chi connectivity index (χ3v) is 4.28. The summed E-state index contributed by atoms with van der Waals surface area (Å²) in [5.41, 5.74) is -0.722. The third-order valence-electron chi connectivity index (χ3n) is 3.84. The van der Waals surface area contributed by atoms with Crippen molar-refractivity contribution in [2.24, 2.45) is 5.92 Å². The average Bonchev–Trinajstić information content (AvgIpc) is 2.41. The second-order valence-electron chi connectivity index (χ2n) is 5.51. The Balaban J connectivity index is 1.91. The van der Waals surface area contributed by atoms with Crippen LogP contribution in [0.3, 0.4) is 0 Å². The summed E-state index contributed by atoms with van der Waals surface area (Å²) in [6, 6.07) is 1.06. The zero-order valence-corrected chi connectivity index (χ0v) is 13.5. The van der Waals surface area contributed by atoms with E-state index in [2.05, 4.69) is 38.2 Å². The molecule has 0 atom stereocenters. The van der Waals surface area contributed by atoms with Gasteiger partial charge in [-0.1, -0.05) is 0 Å². The fourth-order valence-electron chi connectivity index (χ4n) is 2.54. The van der Waals surface area contributed by atoms with Crippen molar-refractivity contribution in [2.75, 3.05) is 32.0 Å². The second-order valence-corrected chi connectivity index (χ2v) is 6.43. The number of halogens is 4. The van der Waals surface area contributed by atoms with Gasteiger partial charge in [-0.2, -0.15) is 13.2 Å². The first kappa shape index (κ1) is 16.5. The maximum Gasteiger partial charge on any atom is 0.419 e. The molecule has 0 aromatic carbocycles. The lowest BCUT2D eigenvalue weighted by Crippen LogP contribution is -2.31. The molecule has 1 aliphatic heterocycles. The summed E-state index contributed by atoms with van der Waals surface area (Å²) in [4.78, 5) is 6.13. The van der Waals surface area contributed by atoms with E-state index in [1.54, 1.807) is 0 Å². The summed E-state index contributed by atoms with van der Waals surface area (Å²) < 4.78 is 39.2. The lowest BCUT2D eigenvalue weighted by molar-refractivity contribution is -0.137. The standard InChI is InChI=1S/C14H19BrF3N3/c1-21-6-3-10(4-7-21)2-5-19-13-12(14(16,17)18)8-11(15)9-20-13/h8-10H,2-7H2,1H3,(H,19,20). The molecule has 1 fully saturated rings. The Kier molecular flexibility index (Phi) is 5.48. The van der Waals surface area contributed by atoms with E-state index >= 15 is 0 Å². The van der Waals surface area contributed by atoms with E-state index < -0.39 is 11.7 Å². The van der Waals surface area contributed by atoms with Crippen LogP contribution < -0.4 is 5.32 Å². The average molecular weight is 366 g/mol. The van der Waals surface area contributed by atoms with Crippen LogP contribution in [0.2, 0.25) is 0 Å². The number of rotatable bonds is 4. The fourth-order valence-corrected chi connectivity index (χ4v) is 2.87. The van der Waals surface area contributed by atoms with Crippen molar-refractivity contribution in [3.05, 3.63) is 22.3 Å². The van der Waals surface area contributed by atoms with Crippen molar-refractivity contribution in [2.45, 2.75) is 25.4 Å². The van der Waals surface area contributed by atoms with Crippen molar-refractivity contribution in [1.29, 1.82) is 0 Å². The van der Waals surface area contributed by atoms with Crippen LogP contribution >= 0.6 is 15.9 Å². The van der Waals surface area contributed by atoms with Crippen LogP contribution in [0.15, 0.2) is 16.7 Å². The molecule has 2 rings (SSSR count). The highest BCUT2D eigenvalue weighted by Crippen LogP contribution is 2.35. The van der Waals surface area contributed by atoms with Gasteiger partial charge in [-0.3, -0.25) is 0 Å². The summed E-state index contributed by atoms with van der Waals surface area (Å²) in [5, 5.41) is 2.84. The van der Waals surface area contributed by atoms with Gasteiger partial charge in [-0.25, -0.2) is 4.98 Å². The van der Waals surface area contributed by atoms with Crippen LogP contribution in [-0.4, -0.2) is 36.6 Å². The quantitative estimate of drug-likeness (QED) is 0.873. The van der Waals surface area contributed by atoms with Crippen LogP contribution in [0.25, 0.3) is 0 Å². The van der Waals surface area contributed by atoms with Gasteiger partial charge in [0.2, 0.25) is 0 Å². The van der Waals surface area contributed by atoms with E-state index in [4.69, 9.17) is 0 Å². The van der Waals surface area contributed by atoms with Gasteiger partial charge in [-0.15, -0.1) is 0 Å². The highest BCUT2D eigenvalue weighted by atomic mass is 79.9. The van der Waals surface area contributed by atoms with Crippen molar-refractivity contribution >= 4 is 21.7 Å². The molecule has 0 aliphatic carbocycles. The Labute approximate surface area is 131 Å². The van der Waals surface area contributed by atoms with E-state index in [0.29, 0.717) is 16.9 Å². The van der Waals surface area contributed by atoms with Gasteiger partial charge in [0.15, 0.2) is 0 Å². The van der Waals surface area contributed by atoms with Crippen molar-refractivity contribution in [1.82, 2.24) is 9.88 Å². The number of hydrogen-bond acceptors (Lipinski definition) is 3. The molecule has 1 aromatic rings. The minimum absolute atomic E-state index is 0.0846. The normalized spacial score (nSPS) is 18.0. The highest BCUT2D eigenvalue weighted by molar-refractivity contribution is 9.10. The number of pyridine rings is 1. The van der Waals surface area contributed by atoms with Crippen molar-refractivity contribution in [3.8, 4) is 0 Å². The first-order valence-corrected chi connectivity index (χ1v) is 7.80. The van der Waals surface area contributed by atoms with Crippen LogP contribution in [0.5, 0.6) is 0 Å². The molecule has 1 aromatic heterocycles. The minimum atomic E-state index is -4.40. The smallest absolute Gasteiger partial charge is 0.370 e. The first-order valence-electron chi connectivity index (χ1n) is 7.01. The van der Waals surface area contributed by atoms with E-state index in [0.717, 1.165) is 38.4 Å². The lowest BCUT2D eigenvalue weighted by Gasteiger charge is -2.29. The molecule has 0 spiro atoms. The van der Waals surface area contributed by atoms with Gasteiger partial charge in [0.05, 0.1) is 5.56 Å². The molecule has 21 heavy (non-hydrogen) atoms. The van der Waals surface area contributed by atoms with Crippen molar-refractivity contribution in [3.63, 3.8) is 0 Å². The Hall–Kier alpha value is -0.820. The topological polar surface area (TPSA) is 28.2 Å². The molecule has 7 heteroatoms. The molecule has 3 nitrogen and oxygen atoms in total. The zero-order valence-electron chi connectivity index (χ0n) is 11.9. The van der Waals surface area contributed by atoms with Gasteiger partial charge >= 0.3 is 6.18 Å². The summed E-state index contributed by atoms with van der Waals surface area (Å²) in [7, 11) is 2.09. The minimum Gasteiger partial charge on any atom is -0.370 e. The fraction of sp³-hybridized carbons (Fsp3) is 0.643. The third kappa shape index (κ3) is 4.85. The predicted octanol–water partition coefficient (Wildman–Crippen LogP) is 4.01. The van der Waals surface area contributed by atoms with E-state index in [-0.39, 0.29) is 5.82 Å². The Morgan fingerprint density at radius 1 is 1.38 bits per heavy atom. The van der Waals surface area contributed by atoms with Crippen LogP contribution in [0.1, 0.15) is 24.8 Å². The molecule has 1 N–H and O–H groups in total. The van der Waals surface area contributed by atoms with E-state index in [9.17, 15) is 13.2 Å². The van der Waals surface area contributed by atoms with E-state index in [1.807, 2.05) is 0 Å². The number of aromatic nitrogens is 1. The molecule has 1 aliphatic rings. The van der Waals surface area contributed by atoms with Crippen molar-refractivity contribution < 1.29 is 13.2 Å². The Morgan fingerprint density at radius 2 is 2.05 bits per heavy atom. The van der Waals surface area contributed by atoms with Crippen LogP contribution in [0, 0.1) is 5.92 Å².